The van der Waals surface area contributed by atoms with Crippen LogP contribution >= 0.6 is 0 Å². The van der Waals surface area contributed by atoms with Crippen LogP contribution in [0, 0.1) is 0 Å². The van der Waals surface area contributed by atoms with Crippen molar-refractivity contribution in [2.24, 2.45) is 0 Å². The topological polar surface area (TPSA) is 45.6 Å². The van der Waals surface area contributed by atoms with Crippen molar-refractivity contribution in [3.05, 3.63) is 65.4 Å². The number of halogens is 3. The fourth-order valence-corrected chi connectivity index (χ4v) is 6.26. The quantitative estimate of drug-likeness (QED) is 0.518. The van der Waals surface area contributed by atoms with Gasteiger partial charge in [-0.3, -0.25) is 0 Å². The van der Waals surface area contributed by atoms with Gasteiger partial charge in [0.2, 0.25) is 0 Å². The van der Waals surface area contributed by atoms with Crippen molar-refractivity contribution in [3.63, 3.8) is 0 Å². The molecule has 0 amide bonds. The number of nitrogens with zero attached hydrogens (tertiary/aromatic N) is 3. The van der Waals surface area contributed by atoms with E-state index in [1.807, 2.05) is 26.1 Å². The summed E-state index contributed by atoms with van der Waals surface area (Å²) in [5.74, 6) is 0. The van der Waals surface area contributed by atoms with Gasteiger partial charge >= 0.3 is 6.18 Å². The van der Waals surface area contributed by atoms with E-state index in [2.05, 4.69) is 9.80 Å². The number of anilines is 1. The van der Waals surface area contributed by atoms with Crippen molar-refractivity contribution >= 4 is 32.2 Å². The lowest BCUT2D eigenvalue weighted by molar-refractivity contribution is -0.137. The normalized spacial score (nSPS) is 17.3. The number of fused-ring (bicyclic) bond motifs is 2. The maximum Gasteiger partial charge on any atom is 0.416 e. The monoisotopic (exact) mass is 489 g/mol. The molecular formula is C25H26F3N3O2S. The Morgan fingerprint density at radius 3 is 2.50 bits per heavy atom. The van der Waals surface area contributed by atoms with Gasteiger partial charge in [0, 0.05) is 49.0 Å². The Bertz CT molecular complexity index is 1410. The van der Waals surface area contributed by atoms with Crippen LogP contribution in [0.15, 0.2) is 53.6 Å². The van der Waals surface area contributed by atoms with Crippen molar-refractivity contribution in [1.29, 1.82) is 0 Å². The van der Waals surface area contributed by atoms with Crippen molar-refractivity contribution in [1.82, 2.24) is 8.87 Å². The van der Waals surface area contributed by atoms with Crippen LogP contribution in [0.4, 0.5) is 18.9 Å². The van der Waals surface area contributed by atoms with Gasteiger partial charge in [0.05, 0.1) is 16.0 Å². The summed E-state index contributed by atoms with van der Waals surface area (Å²) in [7, 11) is -2.06. The molecule has 2 aliphatic rings. The van der Waals surface area contributed by atoms with Gasteiger partial charge in [0.15, 0.2) is 0 Å². The number of hydrogen-bond donors (Lipinski definition) is 0. The molecule has 0 fully saturated rings. The number of hydrogen-bond acceptors (Lipinski definition) is 4. The van der Waals surface area contributed by atoms with Gasteiger partial charge in [-0.25, -0.2) is 12.4 Å². The molecule has 0 aliphatic carbocycles. The van der Waals surface area contributed by atoms with Crippen LogP contribution in [0.1, 0.15) is 30.0 Å². The predicted molar refractivity (Wildman–Crippen MR) is 128 cm³/mol. The fourth-order valence-electron chi connectivity index (χ4n) is 4.87. The highest BCUT2D eigenvalue weighted by Gasteiger charge is 2.32. The average Bonchev–Trinajstić information content (AvgIpc) is 3.40. The largest absolute Gasteiger partial charge is 0.416 e. The molecule has 2 aliphatic heterocycles. The van der Waals surface area contributed by atoms with Gasteiger partial charge in [0.1, 0.15) is 0 Å². The molecule has 5 nitrogen and oxygen atoms in total. The molecule has 9 heteroatoms. The van der Waals surface area contributed by atoms with Gasteiger partial charge in [-0.1, -0.05) is 12.1 Å². The van der Waals surface area contributed by atoms with Crippen LogP contribution < -0.4 is 4.90 Å². The highest BCUT2D eigenvalue weighted by Crippen LogP contribution is 2.38. The van der Waals surface area contributed by atoms with E-state index in [1.54, 1.807) is 12.1 Å². The zero-order valence-electron chi connectivity index (χ0n) is 19.1. The standard InChI is InChI=1S/C25H26F3N3O2S/c1-3-30-13-10-18-4-6-20(15-24(18)30)34(32,33)31-16-22(17-8-11-29(2)12-9-17)21-14-19(25(26,27)28)5-7-23(21)31/h4-8,14-16H,3,9-13H2,1-2H3. The van der Waals surface area contributed by atoms with Crippen molar-refractivity contribution in [3.8, 4) is 0 Å². The minimum absolute atomic E-state index is 0.132. The van der Waals surface area contributed by atoms with E-state index in [-0.39, 0.29) is 10.4 Å². The summed E-state index contributed by atoms with van der Waals surface area (Å²) < 4.78 is 69.2. The SMILES string of the molecule is CCN1CCc2ccc(S(=O)(=O)n3cc(C4=CCN(C)CC4)c4cc(C(F)(F)F)ccc43)cc21. The molecular weight excluding hydrogens is 463 g/mol. The van der Waals surface area contributed by atoms with Gasteiger partial charge in [-0.05, 0) is 68.3 Å². The second-order valence-corrected chi connectivity index (χ2v) is 10.8. The van der Waals surface area contributed by atoms with E-state index in [0.717, 1.165) is 59.0 Å². The molecule has 5 rings (SSSR count). The number of rotatable bonds is 4. The number of benzene rings is 2. The van der Waals surface area contributed by atoms with E-state index in [1.165, 1.54) is 12.3 Å². The van der Waals surface area contributed by atoms with E-state index < -0.39 is 21.8 Å². The molecule has 0 atom stereocenters. The van der Waals surface area contributed by atoms with E-state index in [4.69, 9.17) is 0 Å². The number of aromatic nitrogens is 1. The molecule has 0 saturated carbocycles. The summed E-state index contributed by atoms with van der Waals surface area (Å²) >= 11 is 0. The summed E-state index contributed by atoms with van der Waals surface area (Å²) in [6.07, 6.45) is 0.433. The van der Waals surface area contributed by atoms with Crippen molar-refractivity contribution < 1.29 is 21.6 Å². The third kappa shape index (κ3) is 3.80. The minimum atomic E-state index is -4.52. The Morgan fingerprint density at radius 1 is 1.03 bits per heavy atom. The van der Waals surface area contributed by atoms with Gasteiger partial charge in [-0.15, -0.1) is 0 Å². The highest BCUT2D eigenvalue weighted by molar-refractivity contribution is 7.90. The van der Waals surface area contributed by atoms with Crippen molar-refractivity contribution in [2.45, 2.75) is 30.8 Å². The molecule has 0 N–H and O–H groups in total. The Kier molecular flexibility index (Phi) is 5.52. The second-order valence-electron chi connectivity index (χ2n) is 8.94. The van der Waals surface area contributed by atoms with Crippen LogP contribution in [0.2, 0.25) is 0 Å². The van der Waals surface area contributed by atoms with Gasteiger partial charge in [-0.2, -0.15) is 13.2 Å². The Labute approximate surface area is 197 Å². The fraction of sp³-hybridized carbons (Fsp3) is 0.360. The number of alkyl halides is 3. The summed E-state index contributed by atoms with van der Waals surface area (Å²) in [6.45, 7) is 5.05. The lowest BCUT2D eigenvalue weighted by Crippen LogP contribution is -2.23. The highest BCUT2D eigenvalue weighted by atomic mass is 32.2. The minimum Gasteiger partial charge on any atom is -0.371 e. The van der Waals surface area contributed by atoms with E-state index >= 15 is 0 Å². The molecule has 180 valence electrons. The molecule has 0 unspecified atom stereocenters. The first kappa shape index (κ1) is 23.0. The smallest absolute Gasteiger partial charge is 0.371 e. The van der Waals surface area contributed by atoms with Gasteiger partial charge < -0.3 is 9.80 Å². The molecule has 3 aromatic rings. The molecule has 0 bridgehead atoms. The zero-order chi connectivity index (χ0) is 24.3. The first-order valence-corrected chi connectivity index (χ1v) is 12.8. The molecule has 3 heterocycles. The molecule has 1 aromatic heterocycles. The van der Waals surface area contributed by atoms with Crippen LogP contribution in [-0.2, 0) is 22.6 Å². The molecule has 2 aromatic carbocycles. The molecule has 0 radical (unpaired) electrons. The third-order valence-electron chi connectivity index (χ3n) is 6.84. The maximum absolute atomic E-state index is 13.8. The summed E-state index contributed by atoms with van der Waals surface area (Å²) in [5, 5.41) is 0.297. The molecule has 0 saturated heterocycles. The molecule has 0 spiro atoms. The number of likely N-dealkylation sites (N-methyl/N-ethyl adjacent to an activating group) is 2. The lowest BCUT2D eigenvalue weighted by atomic mass is 9.98. The Morgan fingerprint density at radius 2 is 1.82 bits per heavy atom. The Balaban J connectivity index is 1.69. The Hall–Kier alpha value is -2.78. The predicted octanol–water partition coefficient (Wildman–Crippen LogP) is 5.00. The summed E-state index contributed by atoms with van der Waals surface area (Å²) in [6, 6.07) is 8.40. The van der Waals surface area contributed by atoms with E-state index in [0.29, 0.717) is 23.9 Å². The van der Waals surface area contributed by atoms with E-state index in [9.17, 15) is 21.6 Å². The van der Waals surface area contributed by atoms with Crippen LogP contribution in [0.25, 0.3) is 16.5 Å². The summed E-state index contributed by atoms with van der Waals surface area (Å²) in [5.41, 5.74) is 2.86. The second kappa shape index (κ2) is 8.16. The third-order valence-corrected chi connectivity index (χ3v) is 8.51. The average molecular weight is 490 g/mol. The lowest BCUT2D eigenvalue weighted by Gasteiger charge is -2.21. The first-order chi connectivity index (χ1) is 16.1. The van der Waals surface area contributed by atoms with Crippen LogP contribution in [-0.4, -0.2) is 50.5 Å². The van der Waals surface area contributed by atoms with Crippen molar-refractivity contribution in [2.75, 3.05) is 38.1 Å². The summed E-state index contributed by atoms with van der Waals surface area (Å²) in [4.78, 5) is 4.36. The zero-order valence-corrected chi connectivity index (χ0v) is 19.9. The van der Waals surface area contributed by atoms with Gasteiger partial charge in [0.25, 0.3) is 10.0 Å². The first-order valence-electron chi connectivity index (χ1n) is 11.3. The molecule has 34 heavy (non-hydrogen) atoms. The van der Waals surface area contributed by atoms with Crippen LogP contribution in [0.3, 0.4) is 0 Å². The van der Waals surface area contributed by atoms with Crippen LogP contribution in [0.5, 0.6) is 0 Å². The maximum atomic E-state index is 13.8.